The third kappa shape index (κ3) is 5.13. The predicted molar refractivity (Wildman–Crippen MR) is 29.0 cm³/mol. The summed E-state index contributed by atoms with van der Waals surface area (Å²) in [4.78, 5) is 19.3. The Hall–Kier alpha value is -0.683. The van der Waals surface area contributed by atoms with Crippen LogP contribution in [-0.2, 0) is 14.3 Å². The molecule has 0 saturated carbocycles. The molecule has 0 aliphatic carbocycles. The molecule has 0 aromatic carbocycles. The van der Waals surface area contributed by atoms with Gasteiger partial charge >= 0.3 is 24.3 Å². The number of carbonyl (C=O) groups is 2. The second-order valence-corrected chi connectivity index (χ2v) is 1.67. The van der Waals surface area contributed by atoms with Crippen molar-refractivity contribution in [2.75, 3.05) is 0 Å². The Labute approximate surface area is 84.6 Å². The molecule has 0 unspecified atom stereocenters. The predicted octanol–water partition coefficient (Wildman–Crippen LogP) is 0.800. The standard InChI is InChI=1S/C4F6O3.Li/c5-3(6,7)1(11)13-2(12)4(8,9)10;. The molecule has 14 heavy (non-hydrogen) atoms. The zero-order valence-electron chi connectivity index (χ0n) is 6.49. The second-order valence-electron chi connectivity index (χ2n) is 1.67. The Kier molecular flexibility index (Phi) is 5.30. The maximum Gasteiger partial charge on any atom is 0.491 e. The summed E-state index contributed by atoms with van der Waals surface area (Å²) in [6.07, 6.45) is -11.2. The van der Waals surface area contributed by atoms with E-state index >= 15 is 0 Å². The van der Waals surface area contributed by atoms with Crippen LogP contribution in [0.5, 0.6) is 0 Å². The summed E-state index contributed by atoms with van der Waals surface area (Å²) < 4.78 is 69.7. The van der Waals surface area contributed by atoms with Crippen molar-refractivity contribution in [3.8, 4) is 0 Å². The Balaban J connectivity index is 0. The van der Waals surface area contributed by atoms with Crippen LogP contribution < -0.4 is 0 Å². The Morgan fingerprint density at radius 3 is 1.14 bits per heavy atom. The topological polar surface area (TPSA) is 43.4 Å². The molecule has 0 bridgehead atoms. The normalized spacial score (nSPS) is 11.6. The fourth-order valence-electron chi connectivity index (χ4n) is 0.200. The Bertz CT molecular complexity index is 206. The number of hydrogen-bond acceptors (Lipinski definition) is 3. The van der Waals surface area contributed by atoms with E-state index in [0.717, 1.165) is 0 Å². The minimum absolute atomic E-state index is 0. The van der Waals surface area contributed by atoms with Gasteiger partial charge in [0.2, 0.25) is 0 Å². The van der Waals surface area contributed by atoms with Crippen LogP contribution >= 0.6 is 0 Å². The first-order valence-electron chi connectivity index (χ1n) is 2.45. The van der Waals surface area contributed by atoms with Crippen molar-refractivity contribution in [1.29, 1.82) is 0 Å². The minimum Gasteiger partial charge on any atom is -0.380 e. The second kappa shape index (κ2) is 4.70. The molecule has 0 aliphatic rings. The third-order valence-corrected chi connectivity index (χ3v) is 0.648. The summed E-state index contributed by atoms with van der Waals surface area (Å²) in [5, 5.41) is 0. The quantitative estimate of drug-likeness (QED) is 0.261. The number of esters is 2. The Morgan fingerprint density at radius 1 is 0.786 bits per heavy atom. The first-order chi connectivity index (χ1) is 5.55. The molecule has 0 aromatic heterocycles. The maximum absolute atomic E-state index is 11.2. The van der Waals surface area contributed by atoms with Crippen molar-refractivity contribution >= 4 is 30.8 Å². The van der Waals surface area contributed by atoms with Crippen LogP contribution in [-0.4, -0.2) is 43.2 Å². The van der Waals surface area contributed by atoms with Crippen LogP contribution in [0.2, 0.25) is 0 Å². The SMILES string of the molecule is O=C(OC(=O)C(F)(F)F)C(F)(F)F.[Li]. The summed E-state index contributed by atoms with van der Waals surface area (Å²) in [6, 6.07) is 0. The van der Waals surface area contributed by atoms with Crippen LogP contribution in [0.15, 0.2) is 0 Å². The summed E-state index contributed by atoms with van der Waals surface area (Å²) in [5.41, 5.74) is 0. The number of ether oxygens (including phenoxy) is 1. The average molecular weight is 217 g/mol. The van der Waals surface area contributed by atoms with Gasteiger partial charge in [-0.05, 0) is 0 Å². The monoisotopic (exact) mass is 217 g/mol. The molecular formula is C4F6LiO3. The number of halogens is 6. The molecule has 10 heteroatoms. The largest absolute Gasteiger partial charge is 0.491 e. The molecule has 0 fully saturated rings. The van der Waals surface area contributed by atoms with E-state index in [-0.39, 0.29) is 18.9 Å². The first-order valence-corrected chi connectivity index (χ1v) is 2.45. The molecule has 0 amide bonds. The van der Waals surface area contributed by atoms with Gasteiger partial charge in [-0.3, -0.25) is 0 Å². The van der Waals surface area contributed by atoms with Gasteiger partial charge in [-0.2, -0.15) is 26.3 Å². The fourth-order valence-corrected chi connectivity index (χ4v) is 0.200. The van der Waals surface area contributed by atoms with Gasteiger partial charge in [0.15, 0.2) is 0 Å². The summed E-state index contributed by atoms with van der Waals surface area (Å²) in [7, 11) is 0. The molecule has 1 radical (unpaired) electrons. The molecule has 0 aliphatic heterocycles. The van der Waals surface area contributed by atoms with Crippen LogP contribution in [0.4, 0.5) is 26.3 Å². The molecular weight excluding hydrogens is 217 g/mol. The molecule has 0 spiro atoms. The molecule has 0 aromatic rings. The van der Waals surface area contributed by atoms with Crippen LogP contribution in [0.3, 0.4) is 0 Å². The fraction of sp³-hybridized carbons (Fsp3) is 0.500. The van der Waals surface area contributed by atoms with E-state index in [4.69, 9.17) is 0 Å². The van der Waals surface area contributed by atoms with E-state index in [2.05, 4.69) is 4.74 Å². The number of rotatable bonds is 0. The molecule has 0 saturated heterocycles. The van der Waals surface area contributed by atoms with Gasteiger partial charge in [0.1, 0.15) is 0 Å². The van der Waals surface area contributed by atoms with Gasteiger partial charge < -0.3 is 4.74 Å². The van der Waals surface area contributed by atoms with Gasteiger partial charge in [-0.15, -0.1) is 0 Å². The van der Waals surface area contributed by atoms with Crippen LogP contribution in [0.25, 0.3) is 0 Å². The Morgan fingerprint density at radius 2 is 1.00 bits per heavy atom. The average Bonchev–Trinajstić information content (AvgIpc) is 1.82. The summed E-state index contributed by atoms with van der Waals surface area (Å²) >= 11 is 0. The first kappa shape index (κ1) is 15.8. The van der Waals surface area contributed by atoms with Crippen molar-refractivity contribution in [2.45, 2.75) is 12.4 Å². The minimum atomic E-state index is -5.62. The van der Waals surface area contributed by atoms with Gasteiger partial charge in [-0.25, -0.2) is 9.59 Å². The van der Waals surface area contributed by atoms with E-state index in [1.165, 1.54) is 0 Å². The molecule has 0 rings (SSSR count). The van der Waals surface area contributed by atoms with Crippen molar-refractivity contribution in [2.24, 2.45) is 0 Å². The third-order valence-electron chi connectivity index (χ3n) is 0.648. The smallest absolute Gasteiger partial charge is 0.380 e. The van der Waals surface area contributed by atoms with Crippen molar-refractivity contribution in [3.05, 3.63) is 0 Å². The van der Waals surface area contributed by atoms with E-state index in [1.54, 1.807) is 0 Å². The zero-order valence-corrected chi connectivity index (χ0v) is 6.49. The molecule has 0 heterocycles. The molecule has 0 N–H and O–H groups in total. The van der Waals surface area contributed by atoms with Gasteiger partial charge in [0, 0.05) is 18.9 Å². The molecule has 3 nitrogen and oxygen atoms in total. The summed E-state index contributed by atoms with van der Waals surface area (Å²) in [6.45, 7) is 0. The van der Waals surface area contributed by atoms with E-state index < -0.39 is 24.3 Å². The van der Waals surface area contributed by atoms with Crippen LogP contribution in [0.1, 0.15) is 0 Å². The molecule has 0 atom stereocenters. The van der Waals surface area contributed by atoms with Gasteiger partial charge in [0.05, 0.1) is 0 Å². The van der Waals surface area contributed by atoms with E-state index in [1.807, 2.05) is 0 Å². The van der Waals surface area contributed by atoms with Crippen LogP contribution in [0, 0.1) is 0 Å². The van der Waals surface area contributed by atoms with Crippen molar-refractivity contribution in [3.63, 3.8) is 0 Å². The maximum atomic E-state index is 11.2. The van der Waals surface area contributed by atoms with E-state index in [9.17, 15) is 35.9 Å². The van der Waals surface area contributed by atoms with Gasteiger partial charge in [-0.1, -0.05) is 0 Å². The molecule has 77 valence electrons. The zero-order chi connectivity index (χ0) is 10.9. The van der Waals surface area contributed by atoms with Crippen molar-refractivity contribution in [1.82, 2.24) is 0 Å². The number of carbonyl (C=O) groups excluding carboxylic acids is 2. The van der Waals surface area contributed by atoms with Crippen molar-refractivity contribution < 1.29 is 40.7 Å². The number of hydrogen-bond donors (Lipinski definition) is 0. The number of alkyl halides is 6. The summed E-state index contributed by atoms with van der Waals surface area (Å²) in [5.74, 6) is -6.40. The van der Waals surface area contributed by atoms with Gasteiger partial charge in [0.25, 0.3) is 0 Å². The van der Waals surface area contributed by atoms with E-state index in [0.29, 0.717) is 0 Å².